The van der Waals surface area contributed by atoms with E-state index >= 15 is 0 Å². The number of hydrogen-bond acceptors (Lipinski definition) is 3. The van der Waals surface area contributed by atoms with Crippen molar-refractivity contribution in [3.8, 4) is 0 Å². The summed E-state index contributed by atoms with van der Waals surface area (Å²) in [6, 6.07) is 0. The number of halogens is 1. The molecule has 8 heavy (non-hydrogen) atoms. The fourth-order valence-corrected chi connectivity index (χ4v) is 0.558. The van der Waals surface area contributed by atoms with Crippen molar-refractivity contribution in [1.29, 1.82) is 0 Å². The average molecular weight is 180 g/mol. The lowest BCUT2D eigenvalue weighted by atomic mass is 10.3. The van der Waals surface area contributed by atoms with Gasteiger partial charge in [0.15, 0.2) is 5.78 Å². The van der Waals surface area contributed by atoms with Crippen LogP contribution in [0.5, 0.6) is 0 Å². The molecule has 0 aromatic heterocycles. The van der Waals surface area contributed by atoms with E-state index in [1.54, 1.807) is 0 Å². The quantitative estimate of drug-likeness (QED) is 0.295. The molecule has 0 unspecified atom stereocenters. The maximum atomic E-state index is 10.4. The summed E-state index contributed by atoms with van der Waals surface area (Å²) in [6.07, 6.45) is 0. The Hall–Kier alpha value is -0.380. The molecule has 0 amide bonds. The van der Waals surface area contributed by atoms with Crippen molar-refractivity contribution in [3.05, 3.63) is 0 Å². The number of oxime groups is 1. The number of ketones is 1. The zero-order valence-electron chi connectivity index (χ0n) is 4.39. The standard InChI is InChI=1S/C4H6BrNO2/c1-3(6-8)4(7)2-5/h8H,2H2,1H3. The Balaban J connectivity index is 3.83. The van der Waals surface area contributed by atoms with Gasteiger partial charge in [-0.2, -0.15) is 0 Å². The van der Waals surface area contributed by atoms with Gasteiger partial charge in [-0.15, -0.1) is 0 Å². The van der Waals surface area contributed by atoms with Gasteiger partial charge in [0.05, 0.1) is 5.33 Å². The Kier molecular flexibility index (Phi) is 3.43. The Morgan fingerprint density at radius 3 is 2.50 bits per heavy atom. The van der Waals surface area contributed by atoms with Crippen LogP contribution in [-0.4, -0.2) is 22.0 Å². The Bertz CT molecular complexity index is 121. The van der Waals surface area contributed by atoms with Crippen LogP contribution >= 0.6 is 15.9 Å². The van der Waals surface area contributed by atoms with E-state index in [2.05, 4.69) is 21.1 Å². The minimum atomic E-state index is -0.201. The molecule has 46 valence electrons. The third kappa shape index (κ3) is 2.07. The van der Waals surface area contributed by atoms with E-state index in [0.717, 1.165) is 0 Å². The number of rotatable bonds is 2. The molecule has 0 spiro atoms. The molecule has 0 aromatic carbocycles. The van der Waals surface area contributed by atoms with E-state index in [4.69, 9.17) is 5.21 Å². The van der Waals surface area contributed by atoms with Gasteiger partial charge >= 0.3 is 0 Å². The van der Waals surface area contributed by atoms with Crippen LogP contribution in [0.1, 0.15) is 6.92 Å². The molecule has 0 fully saturated rings. The summed E-state index contributed by atoms with van der Waals surface area (Å²) >= 11 is 2.91. The molecule has 3 nitrogen and oxygen atoms in total. The van der Waals surface area contributed by atoms with Crippen LogP contribution in [0.25, 0.3) is 0 Å². The number of carbonyl (C=O) groups excluding carboxylic acids is 1. The first-order chi connectivity index (χ1) is 3.72. The van der Waals surface area contributed by atoms with E-state index in [-0.39, 0.29) is 16.8 Å². The first-order valence-corrected chi connectivity index (χ1v) is 3.12. The smallest absolute Gasteiger partial charge is 0.190 e. The lowest BCUT2D eigenvalue weighted by Gasteiger charge is -1.87. The highest BCUT2D eigenvalue weighted by atomic mass is 79.9. The summed E-state index contributed by atoms with van der Waals surface area (Å²) in [4.78, 5) is 10.4. The zero-order chi connectivity index (χ0) is 6.57. The molecule has 0 aliphatic rings. The van der Waals surface area contributed by atoms with E-state index in [1.165, 1.54) is 6.92 Å². The third-order valence-corrected chi connectivity index (χ3v) is 1.18. The number of carbonyl (C=O) groups is 1. The minimum Gasteiger partial charge on any atom is -0.411 e. The monoisotopic (exact) mass is 179 g/mol. The molecule has 0 saturated carbocycles. The zero-order valence-corrected chi connectivity index (χ0v) is 5.97. The van der Waals surface area contributed by atoms with Gasteiger partial charge in [0.1, 0.15) is 5.71 Å². The topological polar surface area (TPSA) is 49.7 Å². The average Bonchev–Trinajstić information content (AvgIpc) is 1.84. The molecule has 0 rings (SSSR count). The largest absolute Gasteiger partial charge is 0.411 e. The molecule has 0 radical (unpaired) electrons. The highest BCUT2D eigenvalue weighted by Crippen LogP contribution is 1.84. The molecule has 1 N–H and O–H groups in total. The van der Waals surface area contributed by atoms with Crippen LogP contribution in [0.4, 0.5) is 0 Å². The molecule has 0 saturated heterocycles. The molecular weight excluding hydrogens is 174 g/mol. The highest BCUT2D eigenvalue weighted by molar-refractivity contribution is 9.09. The normalized spacial score (nSPS) is 11.5. The number of Topliss-reactive ketones (excluding diaryl/α,β-unsaturated/α-hetero) is 1. The maximum absolute atomic E-state index is 10.4. The van der Waals surface area contributed by atoms with Crippen molar-refractivity contribution in [2.45, 2.75) is 6.92 Å². The van der Waals surface area contributed by atoms with Gasteiger partial charge in [-0.1, -0.05) is 21.1 Å². The summed E-state index contributed by atoms with van der Waals surface area (Å²) in [5.74, 6) is -0.201. The van der Waals surface area contributed by atoms with E-state index in [0.29, 0.717) is 0 Å². The SMILES string of the molecule is CC(=NO)C(=O)CBr. The van der Waals surface area contributed by atoms with Crippen LogP contribution in [0.3, 0.4) is 0 Å². The summed E-state index contributed by atoms with van der Waals surface area (Å²) in [5, 5.41) is 10.9. The second kappa shape index (κ2) is 3.60. The Morgan fingerprint density at radius 2 is 2.38 bits per heavy atom. The van der Waals surface area contributed by atoms with Gasteiger partial charge in [-0.05, 0) is 6.92 Å². The predicted molar refractivity (Wildman–Crippen MR) is 33.7 cm³/mol. The van der Waals surface area contributed by atoms with Crippen LogP contribution in [-0.2, 0) is 4.79 Å². The summed E-state index contributed by atoms with van der Waals surface area (Å²) < 4.78 is 0. The highest BCUT2D eigenvalue weighted by Gasteiger charge is 2.01. The molecule has 0 heterocycles. The van der Waals surface area contributed by atoms with Crippen molar-refractivity contribution in [3.63, 3.8) is 0 Å². The Morgan fingerprint density at radius 1 is 1.88 bits per heavy atom. The van der Waals surface area contributed by atoms with Gasteiger partial charge in [0, 0.05) is 0 Å². The van der Waals surface area contributed by atoms with Crippen molar-refractivity contribution in [1.82, 2.24) is 0 Å². The third-order valence-electron chi connectivity index (χ3n) is 0.675. The van der Waals surface area contributed by atoms with Gasteiger partial charge in [-0.3, -0.25) is 4.79 Å². The van der Waals surface area contributed by atoms with Gasteiger partial charge in [-0.25, -0.2) is 0 Å². The summed E-state index contributed by atoms with van der Waals surface area (Å²) in [7, 11) is 0. The lowest BCUT2D eigenvalue weighted by molar-refractivity contribution is -0.110. The van der Waals surface area contributed by atoms with Crippen LogP contribution < -0.4 is 0 Å². The van der Waals surface area contributed by atoms with Crippen LogP contribution in [0, 0.1) is 0 Å². The first kappa shape index (κ1) is 7.62. The van der Waals surface area contributed by atoms with E-state index in [9.17, 15) is 4.79 Å². The fraction of sp³-hybridized carbons (Fsp3) is 0.500. The number of alkyl halides is 1. The van der Waals surface area contributed by atoms with E-state index < -0.39 is 0 Å². The van der Waals surface area contributed by atoms with Crippen molar-refractivity contribution in [2.24, 2.45) is 5.16 Å². The molecular formula is C4H6BrNO2. The molecule has 4 heteroatoms. The van der Waals surface area contributed by atoms with Crippen molar-refractivity contribution >= 4 is 27.4 Å². The Labute approximate surface area is 55.5 Å². The van der Waals surface area contributed by atoms with Crippen molar-refractivity contribution < 1.29 is 10.0 Å². The number of hydrogen-bond donors (Lipinski definition) is 1. The number of nitrogens with zero attached hydrogens (tertiary/aromatic N) is 1. The molecule has 0 bridgehead atoms. The van der Waals surface area contributed by atoms with Crippen molar-refractivity contribution in [2.75, 3.05) is 5.33 Å². The van der Waals surface area contributed by atoms with Crippen LogP contribution in [0.15, 0.2) is 5.16 Å². The van der Waals surface area contributed by atoms with Gasteiger partial charge in [0.2, 0.25) is 0 Å². The second-order valence-electron chi connectivity index (χ2n) is 1.24. The van der Waals surface area contributed by atoms with Crippen LogP contribution in [0.2, 0.25) is 0 Å². The molecule has 0 aromatic rings. The molecule has 0 aliphatic heterocycles. The molecule has 0 aliphatic carbocycles. The second-order valence-corrected chi connectivity index (χ2v) is 1.80. The maximum Gasteiger partial charge on any atom is 0.190 e. The summed E-state index contributed by atoms with van der Waals surface area (Å²) in [6.45, 7) is 1.45. The summed E-state index contributed by atoms with van der Waals surface area (Å²) in [5.41, 5.74) is 0.127. The first-order valence-electron chi connectivity index (χ1n) is 2.00. The molecule has 0 atom stereocenters. The fourth-order valence-electron chi connectivity index (χ4n) is 0.152. The predicted octanol–water partition coefficient (Wildman–Crippen LogP) is 0.800. The minimum absolute atomic E-state index is 0.127. The van der Waals surface area contributed by atoms with Gasteiger partial charge in [0.25, 0.3) is 0 Å². The van der Waals surface area contributed by atoms with E-state index in [1.807, 2.05) is 0 Å². The van der Waals surface area contributed by atoms with Gasteiger partial charge < -0.3 is 5.21 Å². The lowest BCUT2D eigenvalue weighted by Crippen LogP contribution is -2.10.